The second-order valence-corrected chi connectivity index (χ2v) is 3.04. The SMILES string of the molecule is O=C(O)c1c(F)cc(Br)c(O)c1F. The predicted octanol–water partition coefficient (Wildman–Crippen LogP) is 2.13. The van der Waals surface area contributed by atoms with Crippen LogP contribution in [0.1, 0.15) is 10.4 Å². The molecule has 0 fully saturated rings. The van der Waals surface area contributed by atoms with E-state index in [0.29, 0.717) is 6.07 Å². The summed E-state index contributed by atoms with van der Waals surface area (Å²) in [5.74, 6) is -5.41. The van der Waals surface area contributed by atoms with Gasteiger partial charge in [0.15, 0.2) is 11.6 Å². The highest BCUT2D eigenvalue weighted by atomic mass is 79.9. The zero-order chi connectivity index (χ0) is 10.2. The van der Waals surface area contributed by atoms with Crippen LogP contribution >= 0.6 is 15.9 Å². The van der Waals surface area contributed by atoms with Crippen LogP contribution in [0, 0.1) is 11.6 Å². The summed E-state index contributed by atoms with van der Waals surface area (Å²) in [6.45, 7) is 0. The first-order valence-corrected chi connectivity index (χ1v) is 3.84. The van der Waals surface area contributed by atoms with Crippen molar-refractivity contribution in [2.24, 2.45) is 0 Å². The van der Waals surface area contributed by atoms with E-state index in [9.17, 15) is 13.6 Å². The molecule has 3 nitrogen and oxygen atoms in total. The molecule has 0 atom stereocenters. The Bertz CT molecular complexity index is 378. The number of rotatable bonds is 1. The topological polar surface area (TPSA) is 57.5 Å². The van der Waals surface area contributed by atoms with Gasteiger partial charge in [-0.05, 0) is 22.0 Å². The van der Waals surface area contributed by atoms with Crippen molar-refractivity contribution in [3.05, 3.63) is 27.7 Å². The van der Waals surface area contributed by atoms with Gasteiger partial charge in [-0.1, -0.05) is 0 Å². The number of aromatic carboxylic acids is 1. The van der Waals surface area contributed by atoms with Gasteiger partial charge in [0.1, 0.15) is 11.4 Å². The highest BCUT2D eigenvalue weighted by Crippen LogP contribution is 2.30. The van der Waals surface area contributed by atoms with Gasteiger partial charge in [-0.2, -0.15) is 0 Å². The average Bonchev–Trinajstić information content (AvgIpc) is 1.99. The van der Waals surface area contributed by atoms with Gasteiger partial charge in [0.25, 0.3) is 0 Å². The smallest absolute Gasteiger partial charge is 0.341 e. The molecule has 0 spiro atoms. The van der Waals surface area contributed by atoms with Crippen LogP contribution in [0.25, 0.3) is 0 Å². The summed E-state index contributed by atoms with van der Waals surface area (Å²) in [6.07, 6.45) is 0. The van der Waals surface area contributed by atoms with E-state index in [1.807, 2.05) is 0 Å². The summed E-state index contributed by atoms with van der Waals surface area (Å²) >= 11 is 2.66. The molecule has 0 aromatic heterocycles. The summed E-state index contributed by atoms with van der Waals surface area (Å²) in [5, 5.41) is 17.3. The molecule has 70 valence electrons. The number of phenols is 1. The molecule has 0 aliphatic carbocycles. The largest absolute Gasteiger partial charge is 0.504 e. The average molecular weight is 253 g/mol. The normalized spacial score (nSPS) is 10.1. The van der Waals surface area contributed by atoms with Crippen molar-refractivity contribution in [1.82, 2.24) is 0 Å². The minimum atomic E-state index is -1.77. The molecule has 1 aromatic carbocycles. The number of halogens is 3. The molecule has 0 saturated carbocycles. The Morgan fingerprint density at radius 3 is 2.46 bits per heavy atom. The van der Waals surface area contributed by atoms with E-state index in [1.54, 1.807) is 0 Å². The zero-order valence-electron chi connectivity index (χ0n) is 6.01. The number of hydrogen-bond acceptors (Lipinski definition) is 2. The first kappa shape index (κ1) is 9.91. The van der Waals surface area contributed by atoms with E-state index in [2.05, 4.69) is 15.9 Å². The van der Waals surface area contributed by atoms with Crippen molar-refractivity contribution in [2.75, 3.05) is 0 Å². The maximum Gasteiger partial charge on any atom is 0.341 e. The van der Waals surface area contributed by atoms with Crippen LogP contribution in [0.2, 0.25) is 0 Å². The van der Waals surface area contributed by atoms with Crippen LogP contribution in [-0.2, 0) is 0 Å². The van der Waals surface area contributed by atoms with Crippen molar-refractivity contribution in [3.63, 3.8) is 0 Å². The van der Waals surface area contributed by atoms with Crippen LogP contribution in [0.5, 0.6) is 5.75 Å². The molecule has 0 unspecified atom stereocenters. The maximum atomic E-state index is 12.9. The highest BCUT2D eigenvalue weighted by Gasteiger charge is 2.21. The Morgan fingerprint density at radius 2 is 2.00 bits per heavy atom. The van der Waals surface area contributed by atoms with Crippen molar-refractivity contribution in [2.45, 2.75) is 0 Å². The molecule has 0 aliphatic rings. The van der Waals surface area contributed by atoms with Gasteiger partial charge in [-0.25, -0.2) is 13.6 Å². The van der Waals surface area contributed by atoms with Crippen LogP contribution in [0.3, 0.4) is 0 Å². The summed E-state index contributed by atoms with van der Waals surface area (Å²) < 4.78 is 25.4. The number of benzene rings is 1. The molecule has 1 rings (SSSR count). The van der Waals surface area contributed by atoms with Crippen molar-refractivity contribution in [1.29, 1.82) is 0 Å². The molecule has 0 heterocycles. The third kappa shape index (κ3) is 1.62. The molecule has 0 amide bonds. The minimum absolute atomic E-state index is 0.229. The zero-order valence-corrected chi connectivity index (χ0v) is 7.60. The first-order valence-electron chi connectivity index (χ1n) is 3.05. The third-order valence-corrected chi connectivity index (χ3v) is 1.96. The molecule has 0 bridgehead atoms. The fraction of sp³-hybridized carbons (Fsp3) is 0. The number of carbonyl (C=O) groups is 1. The number of phenolic OH excluding ortho intramolecular Hbond substituents is 1. The molecule has 13 heavy (non-hydrogen) atoms. The summed E-state index contributed by atoms with van der Waals surface area (Å²) in [4.78, 5) is 10.3. The number of aromatic hydroxyl groups is 1. The molecular weight excluding hydrogens is 250 g/mol. The number of carboxylic acid groups (broad SMARTS) is 1. The molecule has 0 radical (unpaired) electrons. The Labute approximate surface area is 79.7 Å². The van der Waals surface area contributed by atoms with E-state index in [1.165, 1.54) is 0 Å². The third-order valence-electron chi connectivity index (χ3n) is 1.36. The molecule has 0 saturated heterocycles. The lowest BCUT2D eigenvalue weighted by molar-refractivity contribution is 0.0685. The van der Waals surface area contributed by atoms with Gasteiger partial charge in [0, 0.05) is 0 Å². The lowest BCUT2D eigenvalue weighted by Gasteiger charge is -2.03. The minimum Gasteiger partial charge on any atom is -0.504 e. The van der Waals surface area contributed by atoms with Crippen LogP contribution in [0.15, 0.2) is 10.5 Å². The van der Waals surface area contributed by atoms with Crippen molar-refractivity contribution in [3.8, 4) is 5.75 Å². The Hall–Kier alpha value is -1.17. The summed E-state index contributed by atoms with van der Waals surface area (Å²) in [5.41, 5.74) is -1.17. The van der Waals surface area contributed by atoms with Gasteiger partial charge in [0.2, 0.25) is 0 Å². The fourth-order valence-electron chi connectivity index (χ4n) is 0.776. The van der Waals surface area contributed by atoms with Gasteiger partial charge in [-0.15, -0.1) is 0 Å². The van der Waals surface area contributed by atoms with Gasteiger partial charge in [0.05, 0.1) is 4.47 Å². The Balaban J connectivity index is 3.53. The number of hydrogen-bond donors (Lipinski definition) is 2. The summed E-state index contributed by atoms with van der Waals surface area (Å²) in [7, 11) is 0. The number of carboxylic acids is 1. The lowest BCUT2D eigenvalue weighted by atomic mass is 10.2. The summed E-state index contributed by atoms with van der Waals surface area (Å²) in [6, 6.07) is 0.682. The van der Waals surface area contributed by atoms with E-state index in [0.717, 1.165) is 0 Å². The lowest BCUT2D eigenvalue weighted by Crippen LogP contribution is -2.04. The van der Waals surface area contributed by atoms with E-state index in [4.69, 9.17) is 10.2 Å². The van der Waals surface area contributed by atoms with Gasteiger partial charge >= 0.3 is 5.97 Å². The monoisotopic (exact) mass is 252 g/mol. The second-order valence-electron chi connectivity index (χ2n) is 2.18. The fourth-order valence-corrected chi connectivity index (χ4v) is 1.15. The van der Waals surface area contributed by atoms with E-state index < -0.39 is 28.9 Å². The van der Waals surface area contributed by atoms with E-state index in [-0.39, 0.29) is 4.47 Å². The van der Waals surface area contributed by atoms with Crippen molar-refractivity contribution < 1.29 is 23.8 Å². The van der Waals surface area contributed by atoms with Crippen LogP contribution in [0.4, 0.5) is 8.78 Å². The quantitative estimate of drug-likeness (QED) is 0.805. The van der Waals surface area contributed by atoms with Crippen LogP contribution < -0.4 is 0 Å². The predicted molar refractivity (Wildman–Crippen MR) is 42.7 cm³/mol. The second kappa shape index (κ2) is 3.29. The molecule has 1 aromatic rings. The van der Waals surface area contributed by atoms with Crippen molar-refractivity contribution >= 4 is 21.9 Å². The standard InChI is InChI=1S/C7H3BrF2O3/c8-2-1-3(9)4(7(12)13)5(10)6(2)11/h1,11H,(H,12,13). The Morgan fingerprint density at radius 1 is 1.46 bits per heavy atom. The molecule has 0 aliphatic heterocycles. The molecular formula is C7H3BrF2O3. The van der Waals surface area contributed by atoms with E-state index >= 15 is 0 Å². The van der Waals surface area contributed by atoms with Gasteiger partial charge in [-0.3, -0.25) is 0 Å². The molecule has 6 heteroatoms. The first-order chi connectivity index (χ1) is 5.95. The maximum absolute atomic E-state index is 12.9. The molecule has 2 N–H and O–H groups in total. The van der Waals surface area contributed by atoms with Gasteiger partial charge < -0.3 is 10.2 Å². The highest BCUT2D eigenvalue weighted by molar-refractivity contribution is 9.10. The van der Waals surface area contributed by atoms with Crippen LogP contribution in [-0.4, -0.2) is 16.2 Å². The Kier molecular flexibility index (Phi) is 2.51.